The van der Waals surface area contributed by atoms with Crippen LogP contribution in [0.15, 0.2) is 0 Å². The maximum Gasteiger partial charge on any atom is 0.317 e. The third-order valence-corrected chi connectivity index (χ3v) is 2.68. The molecule has 2 amide bonds. The number of urea groups is 1. The molecule has 1 atom stereocenters. The lowest BCUT2D eigenvalue weighted by Crippen LogP contribution is -2.47. The molecule has 1 aliphatic rings. The minimum absolute atomic E-state index is 0.0176. The minimum Gasteiger partial charge on any atom is -0.394 e. The summed E-state index contributed by atoms with van der Waals surface area (Å²) in [7, 11) is 0. The number of likely N-dealkylation sites (tertiary alicyclic amines) is 1. The van der Waals surface area contributed by atoms with Gasteiger partial charge < -0.3 is 15.3 Å². The van der Waals surface area contributed by atoms with Gasteiger partial charge in [-0.15, -0.1) is 0 Å². The van der Waals surface area contributed by atoms with Crippen molar-refractivity contribution in [3.63, 3.8) is 0 Å². The maximum atomic E-state index is 11.6. The zero-order valence-electron chi connectivity index (χ0n) is 8.83. The molecule has 2 N–H and O–H groups in total. The average molecular weight is 200 g/mol. The van der Waals surface area contributed by atoms with E-state index in [0.29, 0.717) is 6.54 Å². The molecule has 1 rings (SSSR count). The Bertz CT molecular complexity index is 185. The van der Waals surface area contributed by atoms with Crippen LogP contribution in [-0.4, -0.2) is 41.8 Å². The van der Waals surface area contributed by atoms with Crippen molar-refractivity contribution in [1.29, 1.82) is 0 Å². The second-order valence-electron chi connectivity index (χ2n) is 3.71. The quantitative estimate of drug-likeness (QED) is 0.697. The summed E-state index contributed by atoms with van der Waals surface area (Å²) in [6.07, 6.45) is 4.24. The molecule has 1 saturated heterocycles. The van der Waals surface area contributed by atoms with Gasteiger partial charge in [0, 0.05) is 13.1 Å². The van der Waals surface area contributed by atoms with Gasteiger partial charge >= 0.3 is 6.03 Å². The molecule has 4 heteroatoms. The van der Waals surface area contributed by atoms with E-state index in [1.54, 1.807) is 4.90 Å². The van der Waals surface area contributed by atoms with Gasteiger partial charge in [-0.1, -0.05) is 12.8 Å². The topological polar surface area (TPSA) is 52.6 Å². The van der Waals surface area contributed by atoms with Crippen molar-refractivity contribution in [3.8, 4) is 0 Å². The van der Waals surface area contributed by atoms with E-state index in [9.17, 15) is 9.90 Å². The first kappa shape index (κ1) is 11.3. The van der Waals surface area contributed by atoms with Crippen LogP contribution in [0.1, 0.15) is 32.6 Å². The number of rotatable bonds is 2. The molecule has 0 aromatic heterocycles. The summed E-state index contributed by atoms with van der Waals surface area (Å²) in [5.41, 5.74) is 0. The van der Waals surface area contributed by atoms with Crippen molar-refractivity contribution >= 4 is 6.03 Å². The van der Waals surface area contributed by atoms with E-state index in [1.165, 1.54) is 0 Å². The molecule has 0 bridgehead atoms. The molecule has 14 heavy (non-hydrogen) atoms. The predicted octanol–water partition coefficient (Wildman–Crippen LogP) is 0.953. The Morgan fingerprint density at radius 1 is 1.50 bits per heavy atom. The Balaban J connectivity index is 2.55. The monoisotopic (exact) mass is 200 g/mol. The van der Waals surface area contributed by atoms with Gasteiger partial charge in [-0.25, -0.2) is 4.79 Å². The molecule has 0 aromatic carbocycles. The van der Waals surface area contributed by atoms with E-state index < -0.39 is 0 Å². The van der Waals surface area contributed by atoms with Crippen LogP contribution in [0, 0.1) is 0 Å². The first-order chi connectivity index (χ1) is 6.79. The van der Waals surface area contributed by atoms with E-state index in [-0.39, 0.29) is 18.7 Å². The summed E-state index contributed by atoms with van der Waals surface area (Å²) < 4.78 is 0. The molecular weight excluding hydrogens is 180 g/mol. The van der Waals surface area contributed by atoms with Crippen molar-refractivity contribution in [2.75, 3.05) is 19.7 Å². The Morgan fingerprint density at radius 2 is 2.29 bits per heavy atom. The van der Waals surface area contributed by atoms with E-state index in [4.69, 9.17) is 0 Å². The van der Waals surface area contributed by atoms with Gasteiger partial charge in [-0.2, -0.15) is 0 Å². The third kappa shape index (κ3) is 2.87. The number of carbonyl (C=O) groups excluding carboxylic acids is 1. The SMILES string of the molecule is CCNC(=O)N1CCCCCC1CO. The first-order valence-electron chi connectivity index (χ1n) is 5.45. The molecule has 1 aliphatic heterocycles. The number of carbonyl (C=O) groups is 1. The molecule has 1 fully saturated rings. The summed E-state index contributed by atoms with van der Waals surface area (Å²) >= 11 is 0. The van der Waals surface area contributed by atoms with Gasteiger partial charge in [0.05, 0.1) is 12.6 Å². The van der Waals surface area contributed by atoms with Gasteiger partial charge in [-0.3, -0.25) is 0 Å². The highest BCUT2D eigenvalue weighted by Crippen LogP contribution is 2.16. The highest BCUT2D eigenvalue weighted by molar-refractivity contribution is 5.74. The van der Waals surface area contributed by atoms with Crippen LogP contribution < -0.4 is 5.32 Å². The summed E-state index contributed by atoms with van der Waals surface area (Å²) in [5, 5.41) is 12.0. The zero-order valence-corrected chi connectivity index (χ0v) is 8.83. The Hall–Kier alpha value is -0.770. The second-order valence-corrected chi connectivity index (χ2v) is 3.71. The lowest BCUT2D eigenvalue weighted by atomic mass is 10.1. The molecule has 82 valence electrons. The number of hydrogen-bond donors (Lipinski definition) is 2. The van der Waals surface area contributed by atoms with E-state index in [0.717, 1.165) is 32.2 Å². The van der Waals surface area contributed by atoms with Crippen molar-refractivity contribution in [2.24, 2.45) is 0 Å². The largest absolute Gasteiger partial charge is 0.394 e. The molecule has 0 spiro atoms. The fraction of sp³-hybridized carbons (Fsp3) is 0.900. The second kappa shape index (κ2) is 5.86. The standard InChI is InChI=1S/C10H20N2O2/c1-2-11-10(14)12-7-5-3-4-6-9(12)8-13/h9,13H,2-8H2,1H3,(H,11,14). The lowest BCUT2D eigenvalue weighted by Gasteiger charge is -2.28. The number of hydrogen-bond acceptors (Lipinski definition) is 2. The van der Waals surface area contributed by atoms with Crippen LogP contribution in [-0.2, 0) is 0 Å². The number of nitrogens with zero attached hydrogens (tertiary/aromatic N) is 1. The Morgan fingerprint density at radius 3 is 2.93 bits per heavy atom. The van der Waals surface area contributed by atoms with Crippen LogP contribution in [0.3, 0.4) is 0 Å². The van der Waals surface area contributed by atoms with Gasteiger partial charge in [0.25, 0.3) is 0 Å². The summed E-state index contributed by atoms with van der Waals surface area (Å²) in [4.78, 5) is 13.4. The van der Waals surface area contributed by atoms with Crippen molar-refractivity contribution in [3.05, 3.63) is 0 Å². The smallest absolute Gasteiger partial charge is 0.317 e. The average Bonchev–Trinajstić information content (AvgIpc) is 2.42. The molecule has 1 heterocycles. The highest BCUT2D eigenvalue weighted by Gasteiger charge is 2.23. The fourth-order valence-electron chi connectivity index (χ4n) is 1.89. The highest BCUT2D eigenvalue weighted by atomic mass is 16.3. The molecule has 1 unspecified atom stereocenters. The van der Waals surface area contributed by atoms with Crippen molar-refractivity contribution < 1.29 is 9.90 Å². The molecule has 0 saturated carbocycles. The molecular formula is C10H20N2O2. The molecule has 0 aliphatic carbocycles. The number of nitrogens with one attached hydrogen (secondary N) is 1. The summed E-state index contributed by atoms with van der Waals surface area (Å²) in [6, 6.07) is -0.0162. The molecule has 0 radical (unpaired) electrons. The van der Waals surface area contributed by atoms with Gasteiger partial charge in [0.1, 0.15) is 0 Å². The fourth-order valence-corrected chi connectivity index (χ4v) is 1.89. The lowest BCUT2D eigenvalue weighted by molar-refractivity contribution is 0.134. The van der Waals surface area contributed by atoms with Crippen LogP contribution in [0.25, 0.3) is 0 Å². The van der Waals surface area contributed by atoms with E-state index >= 15 is 0 Å². The number of aliphatic hydroxyl groups is 1. The van der Waals surface area contributed by atoms with Gasteiger partial charge in [0.15, 0.2) is 0 Å². The van der Waals surface area contributed by atoms with Crippen LogP contribution >= 0.6 is 0 Å². The number of aliphatic hydroxyl groups excluding tert-OH is 1. The maximum absolute atomic E-state index is 11.6. The minimum atomic E-state index is -0.0338. The van der Waals surface area contributed by atoms with Crippen molar-refractivity contribution in [2.45, 2.75) is 38.6 Å². The molecule has 0 aromatic rings. The normalized spacial score (nSPS) is 23.0. The zero-order chi connectivity index (χ0) is 10.4. The number of amides is 2. The first-order valence-corrected chi connectivity index (χ1v) is 5.45. The van der Waals surface area contributed by atoms with Gasteiger partial charge in [-0.05, 0) is 19.8 Å². The van der Waals surface area contributed by atoms with Crippen LogP contribution in [0.2, 0.25) is 0 Å². The predicted molar refractivity (Wildman–Crippen MR) is 55.1 cm³/mol. The molecule has 4 nitrogen and oxygen atoms in total. The van der Waals surface area contributed by atoms with E-state index in [1.807, 2.05) is 6.92 Å². The van der Waals surface area contributed by atoms with Crippen LogP contribution in [0.5, 0.6) is 0 Å². The van der Waals surface area contributed by atoms with Crippen LogP contribution in [0.4, 0.5) is 4.79 Å². The third-order valence-electron chi connectivity index (χ3n) is 2.68. The van der Waals surface area contributed by atoms with Crippen molar-refractivity contribution in [1.82, 2.24) is 10.2 Å². The summed E-state index contributed by atoms with van der Waals surface area (Å²) in [5.74, 6) is 0. The summed E-state index contributed by atoms with van der Waals surface area (Å²) in [6.45, 7) is 3.41. The van der Waals surface area contributed by atoms with E-state index in [2.05, 4.69) is 5.32 Å². The Labute approximate surface area is 85.3 Å². The Kier molecular flexibility index (Phi) is 4.73. The van der Waals surface area contributed by atoms with Gasteiger partial charge in [0.2, 0.25) is 0 Å².